The summed E-state index contributed by atoms with van der Waals surface area (Å²) in [5, 5.41) is 25.6. The molecule has 180 valence electrons. The Bertz CT molecular complexity index is 1280. The molecule has 0 bridgehead atoms. The number of aliphatic hydroxyl groups is 2. The van der Waals surface area contributed by atoms with Crippen LogP contribution in [0.25, 0.3) is 21.7 Å². The fourth-order valence-electron chi connectivity index (χ4n) is 3.60. The Hall–Kier alpha value is -3.05. The lowest BCUT2D eigenvalue weighted by Crippen LogP contribution is -2.27. The number of aromatic nitrogens is 3. The first kappa shape index (κ1) is 24.1. The largest absolute Gasteiger partial charge is 0.440 e. The van der Waals surface area contributed by atoms with Crippen LogP contribution in [0.4, 0.5) is 5.95 Å². The topological polar surface area (TPSA) is 125 Å². The van der Waals surface area contributed by atoms with Crippen molar-refractivity contribution >= 4 is 34.2 Å². The van der Waals surface area contributed by atoms with Gasteiger partial charge in [0.05, 0.1) is 39.1 Å². The highest BCUT2D eigenvalue weighted by Gasteiger charge is 2.22. The highest BCUT2D eigenvalue weighted by Crippen LogP contribution is 2.30. The molecule has 0 saturated heterocycles. The summed E-state index contributed by atoms with van der Waals surface area (Å²) in [5.41, 5.74) is 1.59. The van der Waals surface area contributed by atoms with Gasteiger partial charge in [-0.15, -0.1) is 11.3 Å². The van der Waals surface area contributed by atoms with Crippen molar-refractivity contribution in [2.75, 3.05) is 18.5 Å². The normalized spacial score (nSPS) is 11.9. The van der Waals surface area contributed by atoms with Crippen LogP contribution >= 0.6 is 11.3 Å². The van der Waals surface area contributed by atoms with Crippen molar-refractivity contribution in [3.63, 3.8) is 0 Å². The Morgan fingerprint density at radius 3 is 2.79 bits per heavy atom. The van der Waals surface area contributed by atoms with Crippen molar-refractivity contribution in [1.29, 1.82) is 0 Å². The number of benzene rings is 1. The first-order chi connectivity index (χ1) is 16.2. The molecule has 4 rings (SSSR count). The van der Waals surface area contributed by atoms with E-state index < -0.39 is 5.60 Å². The van der Waals surface area contributed by atoms with Crippen molar-refractivity contribution in [2.45, 2.75) is 45.9 Å². The molecule has 34 heavy (non-hydrogen) atoms. The fourth-order valence-corrected chi connectivity index (χ4v) is 4.44. The lowest BCUT2D eigenvalue weighted by atomic mass is 10.1. The molecule has 1 aromatic carbocycles. The summed E-state index contributed by atoms with van der Waals surface area (Å²) < 4.78 is 7.38. The summed E-state index contributed by atoms with van der Waals surface area (Å²) in [6.45, 7) is 6.99. The number of anilines is 1. The second-order valence-electron chi connectivity index (χ2n) is 8.77. The maximum Gasteiger partial charge on any atom is 0.268 e. The van der Waals surface area contributed by atoms with Crippen molar-refractivity contribution in [2.24, 2.45) is 0 Å². The number of hydrogen-bond donors (Lipinski definition) is 4. The summed E-state index contributed by atoms with van der Waals surface area (Å²) in [7, 11) is 0. The van der Waals surface area contributed by atoms with E-state index in [1.54, 1.807) is 33.0 Å². The lowest BCUT2D eigenvalue weighted by Gasteiger charge is -2.20. The van der Waals surface area contributed by atoms with Gasteiger partial charge >= 0.3 is 0 Å². The Labute approximate surface area is 201 Å². The number of nitrogens with zero attached hydrogens (tertiary/aromatic N) is 3. The molecular weight excluding hydrogens is 454 g/mol. The van der Waals surface area contributed by atoms with Gasteiger partial charge in [-0.05, 0) is 56.6 Å². The SMILES string of the molecule is Cc1ncc(-c2ccc(C(=O)Nc3nc4cc(CNCCCO)ccc4n3CC(C)(C)O)s2)o1. The number of nitrogens with one attached hydrogen (secondary N) is 2. The molecule has 10 heteroatoms. The van der Waals surface area contributed by atoms with Crippen LogP contribution in [0.2, 0.25) is 0 Å². The molecule has 0 radical (unpaired) electrons. The van der Waals surface area contributed by atoms with E-state index in [0.717, 1.165) is 28.0 Å². The summed E-state index contributed by atoms with van der Waals surface area (Å²) in [4.78, 5) is 23.1. The van der Waals surface area contributed by atoms with E-state index in [9.17, 15) is 9.90 Å². The van der Waals surface area contributed by atoms with E-state index in [4.69, 9.17) is 9.52 Å². The number of fused-ring (bicyclic) bond motifs is 1. The number of carbonyl (C=O) groups is 1. The average Bonchev–Trinajstić information content (AvgIpc) is 3.50. The highest BCUT2D eigenvalue weighted by atomic mass is 32.1. The van der Waals surface area contributed by atoms with E-state index in [1.165, 1.54) is 11.3 Å². The van der Waals surface area contributed by atoms with Crippen LogP contribution < -0.4 is 10.6 Å². The van der Waals surface area contributed by atoms with Crippen LogP contribution in [-0.4, -0.2) is 49.4 Å². The molecule has 4 N–H and O–H groups in total. The minimum absolute atomic E-state index is 0.153. The molecular formula is C24H29N5O4S. The summed E-state index contributed by atoms with van der Waals surface area (Å²) in [6, 6.07) is 9.48. The maximum absolute atomic E-state index is 13.0. The highest BCUT2D eigenvalue weighted by molar-refractivity contribution is 7.17. The van der Waals surface area contributed by atoms with Gasteiger partial charge in [0, 0.05) is 20.1 Å². The second-order valence-corrected chi connectivity index (χ2v) is 9.86. The van der Waals surface area contributed by atoms with Gasteiger partial charge in [0.2, 0.25) is 5.95 Å². The van der Waals surface area contributed by atoms with Crippen LogP contribution in [0.3, 0.4) is 0 Å². The predicted octanol–water partition coefficient (Wildman–Crippen LogP) is 3.56. The molecule has 3 aromatic heterocycles. The Morgan fingerprint density at radius 2 is 2.09 bits per heavy atom. The number of aryl methyl sites for hydroxylation is 1. The average molecular weight is 484 g/mol. The van der Waals surface area contributed by atoms with Crippen molar-refractivity contribution < 1.29 is 19.4 Å². The first-order valence-corrected chi connectivity index (χ1v) is 11.9. The van der Waals surface area contributed by atoms with Gasteiger partial charge in [0.25, 0.3) is 5.91 Å². The van der Waals surface area contributed by atoms with Crippen LogP contribution in [0.1, 0.15) is 41.4 Å². The number of rotatable bonds is 10. The Kier molecular flexibility index (Phi) is 7.13. The third kappa shape index (κ3) is 5.71. The molecule has 0 aliphatic heterocycles. The van der Waals surface area contributed by atoms with Crippen LogP contribution in [0.15, 0.2) is 40.9 Å². The van der Waals surface area contributed by atoms with Gasteiger partial charge in [0.1, 0.15) is 0 Å². The van der Waals surface area contributed by atoms with Crippen molar-refractivity contribution in [3.8, 4) is 10.6 Å². The maximum atomic E-state index is 13.0. The Morgan fingerprint density at radius 1 is 1.26 bits per heavy atom. The molecule has 0 unspecified atom stereocenters. The minimum Gasteiger partial charge on any atom is -0.440 e. The van der Waals surface area contributed by atoms with Gasteiger partial charge in [-0.3, -0.25) is 10.1 Å². The van der Waals surface area contributed by atoms with Crippen molar-refractivity contribution in [3.05, 3.63) is 52.9 Å². The monoisotopic (exact) mass is 483 g/mol. The van der Waals surface area contributed by atoms with E-state index in [0.29, 0.717) is 35.4 Å². The molecule has 9 nitrogen and oxygen atoms in total. The van der Waals surface area contributed by atoms with Crippen LogP contribution in [0, 0.1) is 6.92 Å². The summed E-state index contributed by atoms with van der Waals surface area (Å²) in [5.74, 6) is 1.28. The zero-order valence-electron chi connectivity index (χ0n) is 19.5. The Balaban J connectivity index is 1.59. The summed E-state index contributed by atoms with van der Waals surface area (Å²) >= 11 is 1.31. The molecule has 0 atom stereocenters. The van der Waals surface area contributed by atoms with Gasteiger partial charge in [-0.1, -0.05) is 6.07 Å². The van der Waals surface area contributed by atoms with E-state index in [1.807, 2.05) is 28.8 Å². The van der Waals surface area contributed by atoms with Gasteiger partial charge in [0.15, 0.2) is 11.7 Å². The summed E-state index contributed by atoms with van der Waals surface area (Å²) in [6.07, 6.45) is 2.33. The van der Waals surface area contributed by atoms with Crippen LogP contribution in [0.5, 0.6) is 0 Å². The minimum atomic E-state index is -1.00. The molecule has 0 fully saturated rings. The number of oxazole rings is 1. The zero-order valence-corrected chi connectivity index (χ0v) is 20.3. The fraction of sp³-hybridized carbons (Fsp3) is 0.375. The predicted molar refractivity (Wildman–Crippen MR) is 132 cm³/mol. The first-order valence-electron chi connectivity index (χ1n) is 11.1. The molecule has 0 saturated carbocycles. The number of aliphatic hydroxyl groups excluding tert-OH is 1. The molecule has 0 aliphatic carbocycles. The number of carbonyl (C=O) groups excluding carboxylic acids is 1. The quantitative estimate of drug-likeness (QED) is 0.254. The van der Waals surface area contributed by atoms with Gasteiger partial charge < -0.3 is 24.5 Å². The third-order valence-electron chi connectivity index (χ3n) is 5.12. The molecule has 0 aliphatic rings. The lowest BCUT2D eigenvalue weighted by molar-refractivity contribution is 0.0630. The van der Waals surface area contributed by atoms with E-state index in [2.05, 4.69) is 20.6 Å². The number of imidazole rings is 1. The second kappa shape index (κ2) is 10.1. The van der Waals surface area contributed by atoms with Gasteiger partial charge in [-0.2, -0.15) is 0 Å². The smallest absolute Gasteiger partial charge is 0.268 e. The van der Waals surface area contributed by atoms with E-state index >= 15 is 0 Å². The van der Waals surface area contributed by atoms with Crippen LogP contribution in [-0.2, 0) is 13.1 Å². The number of hydrogen-bond acceptors (Lipinski definition) is 8. The molecule has 4 aromatic rings. The molecule has 3 heterocycles. The molecule has 0 spiro atoms. The zero-order chi connectivity index (χ0) is 24.3. The standard InChI is InChI=1S/C24H29N5O4S/c1-15-26-13-19(33-15)20-7-8-21(34-20)22(31)28-23-27-17-11-16(12-25-9-4-10-30)5-6-18(17)29(23)14-24(2,3)32/h5-8,11,13,25,30,32H,4,9-10,12,14H2,1-3H3,(H,27,28,31). The van der Waals surface area contributed by atoms with Gasteiger partial charge in [-0.25, -0.2) is 9.97 Å². The number of thiophene rings is 1. The molecule has 1 amide bonds. The number of amides is 1. The third-order valence-corrected chi connectivity index (χ3v) is 6.22. The van der Waals surface area contributed by atoms with Crippen molar-refractivity contribution in [1.82, 2.24) is 19.9 Å². The van der Waals surface area contributed by atoms with E-state index in [-0.39, 0.29) is 19.1 Å².